The average Bonchev–Trinajstić information content (AvgIpc) is 3.30. The van der Waals surface area contributed by atoms with Crippen LogP contribution in [0.15, 0.2) is 24.5 Å². The lowest BCUT2D eigenvalue weighted by molar-refractivity contribution is 0.0745. The Morgan fingerprint density at radius 2 is 1.62 bits per heavy atom. The average molecular weight is 441 g/mol. The molecule has 2 aromatic heterocycles. The van der Waals surface area contributed by atoms with E-state index >= 15 is 0 Å². The molecule has 10 heteroatoms. The molecule has 10 nitrogen and oxygen atoms in total. The molecule has 0 unspecified atom stereocenters. The number of benzene rings is 1. The van der Waals surface area contributed by atoms with Gasteiger partial charge in [-0.1, -0.05) is 13.8 Å². The largest absolute Gasteiger partial charge is 0.493 e. The molecule has 1 aromatic carbocycles. The maximum Gasteiger partial charge on any atom is 0.256 e. The number of ether oxygens (including phenoxy) is 3. The van der Waals surface area contributed by atoms with E-state index in [0.717, 1.165) is 11.5 Å². The third-order valence-electron chi connectivity index (χ3n) is 5.69. The van der Waals surface area contributed by atoms with E-state index in [1.54, 1.807) is 18.5 Å². The topological polar surface area (TPSA) is 94.3 Å². The number of methoxy groups -OCH3 is 3. The lowest BCUT2D eigenvalue weighted by Gasteiger charge is -2.35. The fraction of sp³-hybridized carbons (Fsp3) is 0.455. The quantitative estimate of drug-likeness (QED) is 0.576. The van der Waals surface area contributed by atoms with Crippen molar-refractivity contribution >= 4 is 17.5 Å². The summed E-state index contributed by atoms with van der Waals surface area (Å²) in [6.45, 7) is 6.76. The Labute approximate surface area is 186 Å². The van der Waals surface area contributed by atoms with Crippen molar-refractivity contribution in [2.24, 2.45) is 0 Å². The summed E-state index contributed by atoms with van der Waals surface area (Å²) < 4.78 is 18.0. The van der Waals surface area contributed by atoms with E-state index in [-0.39, 0.29) is 5.91 Å². The van der Waals surface area contributed by atoms with Crippen molar-refractivity contribution in [3.63, 3.8) is 0 Å². The molecule has 0 saturated carbocycles. The highest BCUT2D eigenvalue weighted by Gasteiger charge is 2.26. The highest BCUT2D eigenvalue weighted by atomic mass is 16.5. The molecule has 1 fully saturated rings. The fourth-order valence-electron chi connectivity index (χ4n) is 3.96. The highest BCUT2D eigenvalue weighted by molar-refractivity contribution is 5.95. The predicted molar refractivity (Wildman–Crippen MR) is 119 cm³/mol. The minimum absolute atomic E-state index is 0.0763. The number of amides is 1. The van der Waals surface area contributed by atoms with Crippen LogP contribution in [0.5, 0.6) is 17.2 Å². The van der Waals surface area contributed by atoms with Crippen LogP contribution >= 0.6 is 0 Å². The molecule has 1 saturated heterocycles. The summed E-state index contributed by atoms with van der Waals surface area (Å²) in [4.78, 5) is 21.8. The molecule has 0 atom stereocenters. The van der Waals surface area contributed by atoms with E-state index < -0.39 is 0 Å². The summed E-state index contributed by atoms with van der Waals surface area (Å²) >= 11 is 0. The molecule has 32 heavy (non-hydrogen) atoms. The van der Waals surface area contributed by atoms with Gasteiger partial charge in [0.1, 0.15) is 12.1 Å². The zero-order valence-corrected chi connectivity index (χ0v) is 19.0. The number of anilines is 1. The number of hydrogen-bond acceptors (Lipinski definition) is 8. The van der Waals surface area contributed by atoms with Gasteiger partial charge in [-0.25, -0.2) is 0 Å². The second-order valence-corrected chi connectivity index (χ2v) is 7.89. The normalized spacial score (nSPS) is 14.2. The molecule has 0 spiro atoms. The molecule has 1 amide bonds. The van der Waals surface area contributed by atoms with Crippen LogP contribution in [0.1, 0.15) is 35.8 Å². The Kier molecular flexibility index (Phi) is 6.02. The van der Waals surface area contributed by atoms with Crippen LogP contribution in [0, 0.1) is 0 Å². The first-order chi connectivity index (χ1) is 15.5. The molecule has 3 heterocycles. The predicted octanol–water partition coefficient (Wildman–Crippen LogP) is 2.24. The van der Waals surface area contributed by atoms with E-state index in [0.29, 0.717) is 60.7 Å². The molecule has 0 aliphatic carbocycles. The van der Waals surface area contributed by atoms with Gasteiger partial charge in [0.2, 0.25) is 5.75 Å². The van der Waals surface area contributed by atoms with E-state index in [1.165, 1.54) is 21.3 Å². The van der Waals surface area contributed by atoms with E-state index in [1.807, 2.05) is 9.30 Å². The first kappa shape index (κ1) is 21.7. The van der Waals surface area contributed by atoms with Crippen LogP contribution in [-0.4, -0.2) is 77.9 Å². The second kappa shape index (κ2) is 8.89. The number of piperazine rings is 1. The van der Waals surface area contributed by atoms with Gasteiger partial charge in [-0.3, -0.25) is 9.20 Å². The Hall–Kier alpha value is -3.56. The molecular weight excluding hydrogens is 412 g/mol. The lowest BCUT2D eigenvalue weighted by atomic mass is 10.1. The minimum atomic E-state index is -0.0763. The summed E-state index contributed by atoms with van der Waals surface area (Å²) in [5.41, 5.74) is 1.60. The van der Waals surface area contributed by atoms with Crippen molar-refractivity contribution in [3.05, 3.63) is 35.8 Å². The van der Waals surface area contributed by atoms with Crippen molar-refractivity contribution in [1.82, 2.24) is 24.5 Å². The van der Waals surface area contributed by atoms with E-state index in [2.05, 4.69) is 40.0 Å². The van der Waals surface area contributed by atoms with E-state index in [4.69, 9.17) is 14.2 Å². The lowest BCUT2D eigenvalue weighted by Crippen LogP contribution is -2.49. The maximum atomic E-state index is 13.2. The SMILES string of the molecule is COc1cc(C(=O)N2CCN(c3cc(C(C)C)n4cnnc4n3)CC2)cc(OC)c1OC. The number of fused-ring (bicyclic) bond motifs is 1. The van der Waals surface area contributed by atoms with Crippen LogP contribution in [0.2, 0.25) is 0 Å². The van der Waals surface area contributed by atoms with Gasteiger partial charge in [-0.05, 0) is 18.1 Å². The number of hydrogen-bond donors (Lipinski definition) is 0. The van der Waals surface area contributed by atoms with Crippen LogP contribution < -0.4 is 19.1 Å². The molecule has 1 aliphatic rings. The molecule has 0 N–H and O–H groups in total. The van der Waals surface area contributed by atoms with E-state index in [9.17, 15) is 4.79 Å². The number of carbonyl (C=O) groups excluding carboxylic acids is 1. The smallest absolute Gasteiger partial charge is 0.256 e. The molecule has 4 rings (SSSR count). The number of carbonyl (C=O) groups is 1. The van der Waals surface area contributed by atoms with Gasteiger partial charge in [0, 0.05) is 43.5 Å². The first-order valence-corrected chi connectivity index (χ1v) is 10.5. The molecule has 0 bridgehead atoms. The molecular formula is C22H28N6O4. The van der Waals surface area contributed by atoms with Gasteiger partial charge in [-0.15, -0.1) is 10.2 Å². The zero-order valence-electron chi connectivity index (χ0n) is 19.0. The molecule has 170 valence electrons. The summed E-state index contributed by atoms with van der Waals surface area (Å²) in [6.07, 6.45) is 1.69. The Morgan fingerprint density at radius 1 is 0.969 bits per heavy atom. The van der Waals surface area contributed by atoms with Crippen molar-refractivity contribution < 1.29 is 19.0 Å². The summed E-state index contributed by atoms with van der Waals surface area (Å²) in [5, 5.41) is 8.11. The summed E-state index contributed by atoms with van der Waals surface area (Å²) in [5.74, 6) is 3.05. The molecule has 0 radical (unpaired) electrons. The first-order valence-electron chi connectivity index (χ1n) is 10.5. The second-order valence-electron chi connectivity index (χ2n) is 7.89. The third-order valence-corrected chi connectivity index (χ3v) is 5.69. The third kappa shape index (κ3) is 3.88. The highest BCUT2D eigenvalue weighted by Crippen LogP contribution is 2.38. The fourth-order valence-corrected chi connectivity index (χ4v) is 3.96. The molecule has 3 aromatic rings. The van der Waals surface area contributed by atoms with Crippen LogP contribution in [0.25, 0.3) is 5.78 Å². The molecule has 1 aliphatic heterocycles. The summed E-state index contributed by atoms with van der Waals surface area (Å²) in [7, 11) is 4.61. The summed E-state index contributed by atoms with van der Waals surface area (Å²) in [6, 6.07) is 5.45. The van der Waals surface area contributed by atoms with Gasteiger partial charge in [-0.2, -0.15) is 4.98 Å². The standard InChI is InChI=1S/C22H28N6O4/c1-14(2)16-12-19(24-22-25-23-13-28(16)22)26-6-8-27(9-7-26)21(29)15-10-17(30-3)20(32-5)18(11-15)31-4/h10-14H,6-9H2,1-5H3. The number of nitrogens with zero attached hydrogens (tertiary/aromatic N) is 6. The van der Waals surface area contributed by atoms with Crippen LogP contribution in [-0.2, 0) is 0 Å². The van der Waals surface area contributed by atoms with Crippen LogP contribution in [0.4, 0.5) is 5.82 Å². The maximum absolute atomic E-state index is 13.2. The Morgan fingerprint density at radius 3 is 2.19 bits per heavy atom. The van der Waals surface area contributed by atoms with Gasteiger partial charge in [0.15, 0.2) is 11.5 Å². The van der Waals surface area contributed by atoms with Crippen molar-refractivity contribution in [3.8, 4) is 17.2 Å². The van der Waals surface area contributed by atoms with Gasteiger partial charge < -0.3 is 24.0 Å². The monoisotopic (exact) mass is 440 g/mol. The van der Waals surface area contributed by atoms with Crippen LogP contribution in [0.3, 0.4) is 0 Å². The van der Waals surface area contributed by atoms with Crippen molar-refractivity contribution in [2.45, 2.75) is 19.8 Å². The Balaban J connectivity index is 1.52. The minimum Gasteiger partial charge on any atom is -0.493 e. The van der Waals surface area contributed by atoms with Crippen molar-refractivity contribution in [2.75, 3.05) is 52.4 Å². The van der Waals surface area contributed by atoms with Crippen molar-refractivity contribution in [1.29, 1.82) is 0 Å². The number of aromatic nitrogens is 4. The zero-order chi connectivity index (χ0) is 22.8. The Bertz CT molecular complexity index is 1100. The van der Waals surface area contributed by atoms with Gasteiger partial charge in [0.25, 0.3) is 11.7 Å². The van der Waals surface area contributed by atoms with Gasteiger partial charge in [0.05, 0.1) is 21.3 Å². The van der Waals surface area contributed by atoms with Gasteiger partial charge >= 0.3 is 0 Å². The number of rotatable bonds is 6.